The van der Waals surface area contributed by atoms with Gasteiger partial charge in [0.2, 0.25) is 0 Å². The molecule has 8 heteroatoms. The highest BCUT2D eigenvalue weighted by molar-refractivity contribution is 5.92. The number of rotatable bonds is 5. The number of hydrogen-bond donors (Lipinski definition) is 1. The summed E-state index contributed by atoms with van der Waals surface area (Å²) in [6, 6.07) is 5.94. The van der Waals surface area contributed by atoms with E-state index in [0.29, 0.717) is 24.5 Å². The highest BCUT2D eigenvalue weighted by atomic mass is 35.5. The van der Waals surface area contributed by atoms with Gasteiger partial charge in [-0.05, 0) is 31.3 Å². The summed E-state index contributed by atoms with van der Waals surface area (Å²) < 4.78 is 14.6. The van der Waals surface area contributed by atoms with E-state index in [0.717, 1.165) is 0 Å². The molecule has 1 N–H and O–H groups in total. The molecule has 0 bridgehead atoms. The smallest absolute Gasteiger partial charge is 0.272 e. The Morgan fingerprint density at radius 1 is 1.32 bits per heavy atom. The number of benzene rings is 1. The second-order valence-electron chi connectivity index (χ2n) is 4.46. The largest absolute Gasteiger partial charge is 0.339 e. The Balaban J connectivity index is 0.00000220. The van der Waals surface area contributed by atoms with Gasteiger partial charge in [-0.1, -0.05) is 0 Å². The van der Waals surface area contributed by atoms with E-state index in [4.69, 9.17) is 0 Å². The molecule has 1 amide bonds. The molecule has 0 saturated heterocycles. The quantitative estimate of drug-likeness (QED) is 0.900. The zero-order valence-corrected chi connectivity index (χ0v) is 14.0. The van der Waals surface area contributed by atoms with E-state index in [1.165, 1.54) is 18.3 Å². The summed E-state index contributed by atoms with van der Waals surface area (Å²) in [4.78, 5) is 18.0. The average molecular weight is 349 g/mol. The Kier molecular flexibility index (Phi) is 8.70. The molecule has 22 heavy (non-hydrogen) atoms. The van der Waals surface area contributed by atoms with Crippen LogP contribution in [0.3, 0.4) is 0 Å². The van der Waals surface area contributed by atoms with E-state index in [-0.39, 0.29) is 36.5 Å². The number of nitrogens with one attached hydrogen (secondary N) is 1. The number of carbonyl (C=O) groups is 1. The van der Waals surface area contributed by atoms with Gasteiger partial charge in [0.05, 0.1) is 12.5 Å². The number of nitrogens with zero attached hydrogens (tertiary/aromatic N) is 3. The molecule has 0 aliphatic heterocycles. The number of imidazole rings is 1. The maximum absolute atomic E-state index is 12.9. The Morgan fingerprint density at radius 3 is 2.55 bits per heavy atom. The summed E-state index contributed by atoms with van der Waals surface area (Å²) in [6.07, 6.45) is 3.06. The van der Waals surface area contributed by atoms with Gasteiger partial charge < -0.3 is 10.2 Å². The molecule has 0 spiro atoms. The van der Waals surface area contributed by atoms with Crippen molar-refractivity contribution in [2.24, 2.45) is 0 Å². The average Bonchev–Trinajstić information content (AvgIpc) is 2.94. The molecule has 5 nitrogen and oxygen atoms in total. The van der Waals surface area contributed by atoms with E-state index >= 15 is 0 Å². The summed E-state index contributed by atoms with van der Waals surface area (Å²) in [6.45, 7) is 1.32. The van der Waals surface area contributed by atoms with Gasteiger partial charge in [-0.2, -0.15) is 0 Å². The number of likely N-dealkylation sites (N-methyl/N-ethyl adjacent to an activating group) is 2. The van der Waals surface area contributed by atoms with Gasteiger partial charge >= 0.3 is 0 Å². The Labute approximate surface area is 141 Å². The zero-order valence-electron chi connectivity index (χ0n) is 12.3. The van der Waals surface area contributed by atoms with Crippen molar-refractivity contribution in [2.45, 2.75) is 0 Å². The van der Waals surface area contributed by atoms with Gasteiger partial charge in [0.1, 0.15) is 11.5 Å². The van der Waals surface area contributed by atoms with Gasteiger partial charge in [0.15, 0.2) is 0 Å². The van der Waals surface area contributed by atoms with Crippen molar-refractivity contribution in [3.05, 3.63) is 48.3 Å². The Morgan fingerprint density at radius 2 is 1.95 bits per heavy atom. The molecule has 0 radical (unpaired) electrons. The van der Waals surface area contributed by atoms with Crippen molar-refractivity contribution in [1.82, 2.24) is 19.8 Å². The first-order valence-electron chi connectivity index (χ1n) is 6.32. The molecular weight excluding hydrogens is 330 g/mol. The van der Waals surface area contributed by atoms with Gasteiger partial charge in [0, 0.05) is 25.8 Å². The molecule has 0 fully saturated rings. The van der Waals surface area contributed by atoms with Crippen LogP contribution >= 0.6 is 24.8 Å². The van der Waals surface area contributed by atoms with Gasteiger partial charge in [-0.3, -0.25) is 9.36 Å². The SMILES string of the molecule is CNCCN(C)C(=O)c1cncn1-c1ccc(F)cc1.Cl.Cl. The minimum Gasteiger partial charge on any atom is -0.339 e. The number of halogens is 3. The molecule has 0 saturated carbocycles. The molecule has 1 aromatic carbocycles. The van der Waals surface area contributed by atoms with Crippen LogP contribution < -0.4 is 5.32 Å². The first kappa shape index (κ1) is 20.4. The third-order valence-electron chi connectivity index (χ3n) is 3.01. The van der Waals surface area contributed by atoms with E-state index < -0.39 is 0 Å². The maximum atomic E-state index is 12.9. The lowest BCUT2D eigenvalue weighted by atomic mass is 10.3. The predicted molar refractivity (Wildman–Crippen MR) is 88.9 cm³/mol. The standard InChI is InChI=1S/C14H17FN4O.2ClH/c1-16-7-8-18(2)14(20)13-9-17-10-19(13)12-5-3-11(15)4-6-12;;/h3-6,9-10,16H,7-8H2,1-2H3;2*1H. The summed E-state index contributed by atoms with van der Waals surface area (Å²) in [7, 11) is 3.57. The Hall–Kier alpha value is -1.63. The molecule has 2 rings (SSSR count). The lowest BCUT2D eigenvalue weighted by Gasteiger charge is -2.17. The van der Waals surface area contributed by atoms with E-state index in [1.807, 2.05) is 7.05 Å². The number of aromatic nitrogens is 2. The van der Waals surface area contributed by atoms with Gasteiger partial charge in [-0.25, -0.2) is 9.37 Å². The molecule has 1 heterocycles. The van der Waals surface area contributed by atoms with E-state index in [2.05, 4.69) is 10.3 Å². The fourth-order valence-electron chi connectivity index (χ4n) is 1.84. The van der Waals surface area contributed by atoms with Crippen molar-refractivity contribution in [2.75, 3.05) is 27.2 Å². The Bertz CT molecular complexity index is 589. The minimum absolute atomic E-state index is 0. The number of amides is 1. The van der Waals surface area contributed by atoms with Crippen LogP contribution in [-0.2, 0) is 0 Å². The van der Waals surface area contributed by atoms with Crippen LogP contribution in [0.4, 0.5) is 4.39 Å². The van der Waals surface area contributed by atoms with Crippen LogP contribution in [0.5, 0.6) is 0 Å². The number of carbonyl (C=O) groups excluding carboxylic acids is 1. The zero-order chi connectivity index (χ0) is 14.5. The third kappa shape index (κ3) is 4.69. The van der Waals surface area contributed by atoms with E-state index in [9.17, 15) is 9.18 Å². The summed E-state index contributed by atoms with van der Waals surface area (Å²) in [5.74, 6) is -0.435. The molecule has 0 aliphatic rings. The molecule has 0 unspecified atom stereocenters. The van der Waals surface area contributed by atoms with Crippen LogP contribution in [0, 0.1) is 5.82 Å². The highest BCUT2D eigenvalue weighted by Gasteiger charge is 2.16. The molecule has 2 aromatic rings. The van der Waals surface area contributed by atoms with Crippen LogP contribution in [-0.4, -0.2) is 47.5 Å². The fourth-order valence-corrected chi connectivity index (χ4v) is 1.84. The van der Waals surface area contributed by atoms with Crippen LogP contribution in [0.1, 0.15) is 10.5 Å². The van der Waals surface area contributed by atoms with Crippen LogP contribution in [0.25, 0.3) is 5.69 Å². The maximum Gasteiger partial charge on any atom is 0.272 e. The molecule has 0 aliphatic carbocycles. The number of hydrogen-bond acceptors (Lipinski definition) is 3. The lowest BCUT2D eigenvalue weighted by molar-refractivity contribution is 0.0789. The third-order valence-corrected chi connectivity index (χ3v) is 3.01. The second kappa shape index (κ2) is 9.40. The summed E-state index contributed by atoms with van der Waals surface area (Å²) >= 11 is 0. The molecule has 0 atom stereocenters. The summed E-state index contributed by atoms with van der Waals surface area (Å²) in [5.41, 5.74) is 1.16. The van der Waals surface area contributed by atoms with Crippen LogP contribution in [0.15, 0.2) is 36.8 Å². The van der Waals surface area contributed by atoms with Crippen molar-refractivity contribution in [1.29, 1.82) is 0 Å². The van der Waals surface area contributed by atoms with Gasteiger partial charge in [-0.15, -0.1) is 24.8 Å². The van der Waals surface area contributed by atoms with Crippen molar-refractivity contribution >= 4 is 30.7 Å². The molecular formula is C14H19Cl2FN4O. The van der Waals surface area contributed by atoms with E-state index in [1.54, 1.807) is 35.0 Å². The van der Waals surface area contributed by atoms with Gasteiger partial charge in [0.25, 0.3) is 5.91 Å². The topological polar surface area (TPSA) is 50.2 Å². The van der Waals surface area contributed by atoms with Crippen molar-refractivity contribution in [3.63, 3.8) is 0 Å². The first-order chi connectivity index (χ1) is 9.63. The molecule has 1 aromatic heterocycles. The monoisotopic (exact) mass is 348 g/mol. The highest BCUT2D eigenvalue weighted by Crippen LogP contribution is 2.13. The predicted octanol–water partition coefficient (Wildman–Crippen LogP) is 2.15. The van der Waals surface area contributed by atoms with Crippen molar-refractivity contribution < 1.29 is 9.18 Å². The normalized spacial score (nSPS) is 9.59. The fraction of sp³-hybridized carbons (Fsp3) is 0.286. The lowest BCUT2D eigenvalue weighted by Crippen LogP contribution is -2.33. The summed E-state index contributed by atoms with van der Waals surface area (Å²) in [5, 5.41) is 2.99. The second-order valence-corrected chi connectivity index (χ2v) is 4.46. The molecule has 122 valence electrons. The van der Waals surface area contributed by atoms with Crippen molar-refractivity contribution in [3.8, 4) is 5.69 Å². The first-order valence-corrected chi connectivity index (χ1v) is 6.32. The minimum atomic E-state index is -0.312. The van der Waals surface area contributed by atoms with Crippen LogP contribution in [0.2, 0.25) is 0 Å².